The summed E-state index contributed by atoms with van der Waals surface area (Å²) in [4.78, 5) is 0. The zero-order chi connectivity index (χ0) is 17.4. The van der Waals surface area contributed by atoms with Gasteiger partial charge in [-0.3, -0.25) is 0 Å². The van der Waals surface area contributed by atoms with Crippen LogP contribution in [-0.2, 0) is 20.6 Å². The van der Waals surface area contributed by atoms with Crippen LogP contribution in [0.15, 0.2) is 24.6 Å². The van der Waals surface area contributed by atoms with Gasteiger partial charge in [0.25, 0.3) is 0 Å². The molecule has 0 aromatic heterocycles. The van der Waals surface area contributed by atoms with E-state index in [4.69, 9.17) is 20.6 Å². The van der Waals surface area contributed by atoms with E-state index < -0.39 is 42.8 Å². The fraction of sp³-hybridized carbons (Fsp3) is 0.667. The molecule has 0 bridgehead atoms. The maximum absolute atomic E-state index is 6.36. The fourth-order valence-electron chi connectivity index (χ4n) is 2.83. The standard InChI is InChI=1S/C12H30O5Si5/c1-11-21(9)15-19(5,6)13-18(3,4)14-20(7,8)16-22(10,12-2)17-21/h11-12H,1-2H2,3-10H3. The first-order valence-corrected chi connectivity index (χ1v) is 20.7. The molecule has 2 unspecified atom stereocenters. The van der Waals surface area contributed by atoms with E-state index in [0.717, 1.165) is 0 Å². The van der Waals surface area contributed by atoms with Gasteiger partial charge in [0.05, 0.1) is 0 Å². The van der Waals surface area contributed by atoms with Gasteiger partial charge in [0.2, 0.25) is 0 Å². The fourth-order valence-corrected chi connectivity index (χ4v) is 27.4. The molecular formula is C12H30O5Si5. The minimum absolute atomic E-state index is 1.80. The smallest absolute Gasteiger partial charge is 0.343 e. The molecule has 1 fully saturated rings. The van der Waals surface area contributed by atoms with E-state index in [1.165, 1.54) is 0 Å². The monoisotopic (exact) mass is 394 g/mol. The van der Waals surface area contributed by atoms with Crippen LogP contribution in [0.25, 0.3) is 0 Å². The summed E-state index contributed by atoms with van der Waals surface area (Å²) in [6.07, 6.45) is 0. The Labute approximate surface area is 140 Å². The quantitative estimate of drug-likeness (QED) is 0.667. The van der Waals surface area contributed by atoms with Crippen molar-refractivity contribution < 1.29 is 20.6 Å². The van der Waals surface area contributed by atoms with Crippen LogP contribution in [0.1, 0.15) is 0 Å². The Hall–Kier alpha value is 0.364. The molecule has 1 saturated heterocycles. The second-order valence-corrected chi connectivity index (χ2v) is 24.5. The minimum atomic E-state index is -2.61. The molecule has 2 atom stereocenters. The van der Waals surface area contributed by atoms with E-state index in [-0.39, 0.29) is 0 Å². The van der Waals surface area contributed by atoms with Crippen molar-refractivity contribution in [3.05, 3.63) is 24.6 Å². The van der Waals surface area contributed by atoms with E-state index in [0.29, 0.717) is 0 Å². The van der Waals surface area contributed by atoms with Gasteiger partial charge in [-0.15, -0.1) is 13.2 Å². The summed E-state index contributed by atoms with van der Waals surface area (Å²) in [6.45, 7) is 24.1. The first-order chi connectivity index (χ1) is 9.66. The molecule has 0 aliphatic carbocycles. The van der Waals surface area contributed by atoms with E-state index >= 15 is 0 Å². The normalized spacial score (nSPS) is 38.0. The number of hydrogen-bond donors (Lipinski definition) is 0. The van der Waals surface area contributed by atoms with Crippen LogP contribution in [0.2, 0.25) is 52.4 Å². The first-order valence-electron chi connectivity index (χ1n) is 7.44. The number of hydrogen-bond acceptors (Lipinski definition) is 5. The van der Waals surface area contributed by atoms with Crippen LogP contribution in [0.3, 0.4) is 0 Å². The Morgan fingerprint density at radius 3 is 1.05 bits per heavy atom. The summed E-state index contributed by atoms with van der Waals surface area (Å²) in [6, 6.07) is 0. The third-order valence-electron chi connectivity index (χ3n) is 3.03. The molecule has 0 aromatic rings. The van der Waals surface area contributed by atoms with Crippen LogP contribution >= 0.6 is 0 Å². The molecule has 0 amide bonds. The van der Waals surface area contributed by atoms with Crippen LogP contribution in [-0.4, -0.2) is 42.8 Å². The zero-order valence-corrected chi connectivity index (χ0v) is 20.1. The van der Waals surface area contributed by atoms with Crippen LogP contribution < -0.4 is 0 Å². The molecule has 0 spiro atoms. The van der Waals surface area contributed by atoms with Crippen molar-refractivity contribution in [2.45, 2.75) is 52.4 Å². The lowest BCUT2D eigenvalue weighted by Gasteiger charge is -2.46. The van der Waals surface area contributed by atoms with Gasteiger partial charge in [-0.05, 0) is 52.4 Å². The number of rotatable bonds is 2. The lowest BCUT2D eigenvalue weighted by Crippen LogP contribution is -2.64. The summed E-state index contributed by atoms with van der Waals surface area (Å²) in [5.41, 5.74) is 3.60. The van der Waals surface area contributed by atoms with E-state index in [9.17, 15) is 0 Å². The summed E-state index contributed by atoms with van der Waals surface area (Å²) in [7, 11) is -12.4. The summed E-state index contributed by atoms with van der Waals surface area (Å²) in [5, 5.41) is 0. The molecule has 0 saturated carbocycles. The van der Waals surface area contributed by atoms with Crippen molar-refractivity contribution in [2.24, 2.45) is 0 Å². The van der Waals surface area contributed by atoms with Gasteiger partial charge < -0.3 is 20.6 Å². The molecular weight excluding hydrogens is 365 g/mol. The van der Waals surface area contributed by atoms with Crippen LogP contribution in [0.4, 0.5) is 0 Å². The van der Waals surface area contributed by atoms with Crippen molar-refractivity contribution in [2.75, 3.05) is 0 Å². The second-order valence-electron chi connectivity index (χ2n) is 7.15. The van der Waals surface area contributed by atoms with Gasteiger partial charge in [0.1, 0.15) is 0 Å². The molecule has 10 heteroatoms. The van der Waals surface area contributed by atoms with Gasteiger partial charge in [-0.2, -0.15) is 0 Å². The summed E-state index contributed by atoms with van der Waals surface area (Å²) < 4.78 is 31.7. The highest BCUT2D eigenvalue weighted by Gasteiger charge is 2.52. The Morgan fingerprint density at radius 2 is 0.773 bits per heavy atom. The lowest BCUT2D eigenvalue weighted by molar-refractivity contribution is 0.244. The highest BCUT2D eigenvalue weighted by atomic mass is 28.5. The van der Waals surface area contributed by atoms with Crippen molar-refractivity contribution in [3.8, 4) is 0 Å². The molecule has 0 aromatic carbocycles. The minimum Gasteiger partial charge on any atom is -0.416 e. The first kappa shape index (κ1) is 20.4. The Kier molecular flexibility index (Phi) is 5.89. The predicted molar refractivity (Wildman–Crippen MR) is 102 cm³/mol. The van der Waals surface area contributed by atoms with E-state index in [1.54, 1.807) is 11.4 Å². The molecule has 0 radical (unpaired) electrons. The van der Waals surface area contributed by atoms with Crippen molar-refractivity contribution in [3.63, 3.8) is 0 Å². The molecule has 5 nitrogen and oxygen atoms in total. The third-order valence-corrected chi connectivity index (χ3v) is 22.8. The van der Waals surface area contributed by atoms with Crippen LogP contribution in [0.5, 0.6) is 0 Å². The van der Waals surface area contributed by atoms with E-state index in [1.807, 2.05) is 52.4 Å². The highest BCUT2D eigenvalue weighted by Crippen LogP contribution is 2.31. The van der Waals surface area contributed by atoms with Crippen molar-refractivity contribution in [1.29, 1.82) is 0 Å². The average Bonchev–Trinajstić information content (AvgIpc) is 2.22. The molecule has 1 heterocycles. The Bertz CT molecular complexity index is 417. The Balaban J connectivity index is 3.32. The van der Waals surface area contributed by atoms with Crippen LogP contribution in [0, 0.1) is 0 Å². The zero-order valence-electron chi connectivity index (χ0n) is 15.1. The van der Waals surface area contributed by atoms with Gasteiger partial charge in [-0.25, -0.2) is 0 Å². The van der Waals surface area contributed by atoms with Gasteiger partial charge in [-0.1, -0.05) is 11.4 Å². The lowest BCUT2D eigenvalue weighted by atomic mass is 11.3. The topological polar surface area (TPSA) is 46.2 Å². The molecule has 1 aliphatic heterocycles. The SMILES string of the molecule is C=C[Si]1(C)O[Si](C)(C)O[Si](C)(C)O[Si](C)(C)O[Si](C)(C=C)O1. The van der Waals surface area contributed by atoms with Gasteiger partial charge in [0.15, 0.2) is 0 Å². The average molecular weight is 395 g/mol. The largest absolute Gasteiger partial charge is 0.416 e. The summed E-state index contributed by atoms with van der Waals surface area (Å²) >= 11 is 0. The molecule has 1 rings (SSSR count). The predicted octanol–water partition coefficient (Wildman–Crippen LogP) is 3.78. The molecule has 0 N–H and O–H groups in total. The van der Waals surface area contributed by atoms with Crippen molar-refractivity contribution >= 4 is 42.8 Å². The molecule has 1 aliphatic rings. The van der Waals surface area contributed by atoms with Gasteiger partial charge in [0, 0.05) is 0 Å². The Morgan fingerprint density at radius 1 is 0.500 bits per heavy atom. The highest BCUT2D eigenvalue weighted by molar-refractivity contribution is 6.95. The molecule has 128 valence electrons. The maximum atomic E-state index is 6.36. The second kappa shape index (κ2) is 6.35. The van der Waals surface area contributed by atoms with E-state index in [2.05, 4.69) is 13.2 Å². The molecule has 22 heavy (non-hydrogen) atoms. The summed E-state index contributed by atoms with van der Waals surface area (Å²) in [5.74, 6) is 0. The maximum Gasteiger partial charge on any atom is 0.343 e. The van der Waals surface area contributed by atoms with Crippen molar-refractivity contribution in [1.82, 2.24) is 0 Å². The third kappa shape index (κ3) is 5.77. The van der Waals surface area contributed by atoms with Gasteiger partial charge >= 0.3 is 42.8 Å².